The molecule has 0 aliphatic rings. The van der Waals surface area contributed by atoms with E-state index >= 15 is 0 Å². The minimum absolute atomic E-state index is 0.0220. The molecule has 0 radical (unpaired) electrons. The standard InChI is InChI=1S/C16H25N3O2/c1-11-6-7-13(21-11)16(5,20)10-17-8-12-9-18-19-14(12)15(2,3)4/h6-7,9,17,20H,8,10H2,1-5H3,(H,18,19). The van der Waals surface area contributed by atoms with Gasteiger partial charge in [0.05, 0.1) is 6.20 Å². The van der Waals surface area contributed by atoms with E-state index < -0.39 is 5.60 Å². The SMILES string of the molecule is Cc1ccc(C(C)(O)CNCc2cn[nH]c2C(C)(C)C)o1. The smallest absolute Gasteiger partial charge is 0.136 e. The number of hydrogen-bond donors (Lipinski definition) is 3. The maximum absolute atomic E-state index is 10.5. The molecule has 0 aliphatic heterocycles. The third-order valence-electron chi connectivity index (χ3n) is 3.52. The molecule has 0 aromatic carbocycles. The third kappa shape index (κ3) is 3.74. The molecule has 2 rings (SSSR count). The third-order valence-corrected chi connectivity index (χ3v) is 3.52. The topological polar surface area (TPSA) is 74.1 Å². The van der Waals surface area contributed by atoms with Crippen LogP contribution in [0, 0.1) is 6.92 Å². The van der Waals surface area contributed by atoms with Crippen molar-refractivity contribution in [1.29, 1.82) is 0 Å². The van der Waals surface area contributed by atoms with Gasteiger partial charge in [-0.05, 0) is 26.0 Å². The Kier molecular flexibility index (Phi) is 4.25. The highest BCUT2D eigenvalue weighted by atomic mass is 16.4. The molecule has 0 amide bonds. The highest BCUT2D eigenvalue weighted by molar-refractivity contribution is 5.23. The molecule has 5 nitrogen and oxygen atoms in total. The lowest BCUT2D eigenvalue weighted by Gasteiger charge is -2.22. The summed E-state index contributed by atoms with van der Waals surface area (Å²) in [6, 6.07) is 3.67. The molecule has 3 N–H and O–H groups in total. The van der Waals surface area contributed by atoms with Gasteiger partial charge >= 0.3 is 0 Å². The monoisotopic (exact) mass is 291 g/mol. The van der Waals surface area contributed by atoms with Crippen LogP contribution in [0.5, 0.6) is 0 Å². The van der Waals surface area contributed by atoms with Gasteiger partial charge in [0.15, 0.2) is 0 Å². The maximum Gasteiger partial charge on any atom is 0.136 e. The number of hydrogen-bond acceptors (Lipinski definition) is 4. The summed E-state index contributed by atoms with van der Waals surface area (Å²) >= 11 is 0. The Morgan fingerprint density at radius 1 is 1.29 bits per heavy atom. The van der Waals surface area contributed by atoms with E-state index in [0.29, 0.717) is 18.8 Å². The van der Waals surface area contributed by atoms with Gasteiger partial charge in [-0.1, -0.05) is 20.8 Å². The predicted molar refractivity (Wildman–Crippen MR) is 82.0 cm³/mol. The molecule has 1 atom stereocenters. The number of aromatic amines is 1. The van der Waals surface area contributed by atoms with Crippen molar-refractivity contribution in [3.63, 3.8) is 0 Å². The van der Waals surface area contributed by atoms with Gasteiger partial charge in [0, 0.05) is 29.8 Å². The molecule has 0 spiro atoms. The first-order valence-corrected chi connectivity index (χ1v) is 7.23. The fourth-order valence-electron chi connectivity index (χ4n) is 2.35. The zero-order chi connectivity index (χ0) is 15.7. The number of H-pyrrole nitrogens is 1. The van der Waals surface area contributed by atoms with E-state index in [1.54, 1.807) is 6.92 Å². The van der Waals surface area contributed by atoms with Gasteiger partial charge in [0.1, 0.15) is 17.1 Å². The second-order valence-corrected chi connectivity index (χ2v) is 6.81. The van der Waals surface area contributed by atoms with Gasteiger partial charge in [-0.2, -0.15) is 5.10 Å². The van der Waals surface area contributed by atoms with E-state index in [1.807, 2.05) is 25.3 Å². The van der Waals surface area contributed by atoms with E-state index in [2.05, 4.69) is 36.3 Å². The zero-order valence-electron chi connectivity index (χ0n) is 13.4. The molecule has 0 saturated carbocycles. The quantitative estimate of drug-likeness (QED) is 0.791. The molecular weight excluding hydrogens is 266 g/mol. The van der Waals surface area contributed by atoms with Crippen molar-refractivity contribution in [3.05, 3.63) is 41.1 Å². The van der Waals surface area contributed by atoms with Crippen LogP contribution in [-0.4, -0.2) is 21.8 Å². The highest BCUT2D eigenvalue weighted by Crippen LogP contribution is 2.24. The van der Waals surface area contributed by atoms with E-state index in [-0.39, 0.29) is 5.41 Å². The second kappa shape index (κ2) is 5.66. The number of aromatic nitrogens is 2. The number of nitrogens with zero attached hydrogens (tertiary/aromatic N) is 1. The molecule has 0 bridgehead atoms. The van der Waals surface area contributed by atoms with Crippen LogP contribution in [0.1, 0.15) is 50.5 Å². The number of aliphatic hydroxyl groups is 1. The summed E-state index contributed by atoms with van der Waals surface area (Å²) in [4.78, 5) is 0. The van der Waals surface area contributed by atoms with Gasteiger partial charge in [-0.25, -0.2) is 0 Å². The fraction of sp³-hybridized carbons (Fsp3) is 0.562. The molecule has 0 aliphatic carbocycles. The van der Waals surface area contributed by atoms with Crippen molar-refractivity contribution in [2.75, 3.05) is 6.54 Å². The highest BCUT2D eigenvalue weighted by Gasteiger charge is 2.27. The molecular formula is C16H25N3O2. The second-order valence-electron chi connectivity index (χ2n) is 6.81. The molecule has 1 unspecified atom stereocenters. The van der Waals surface area contributed by atoms with Crippen LogP contribution in [0.25, 0.3) is 0 Å². The molecule has 5 heteroatoms. The molecule has 2 aromatic heterocycles. The van der Waals surface area contributed by atoms with Crippen LogP contribution in [0.2, 0.25) is 0 Å². The van der Waals surface area contributed by atoms with Crippen LogP contribution >= 0.6 is 0 Å². The number of nitrogens with one attached hydrogen (secondary N) is 2. The van der Waals surface area contributed by atoms with Gasteiger partial charge in [-0.15, -0.1) is 0 Å². The Balaban J connectivity index is 1.97. The van der Waals surface area contributed by atoms with Crippen LogP contribution in [-0.2, 0) is 17.6 Å². The van der Waals surface area contributed by atoms with E-state index in [0.717, 1.165) is 17.0 Å². The zero-order valence-corrected chi connectivity index (χ0v) is 13.4. The van der Waals surface area contributed by atoms with Crippen LogP contribution < -0.4 is 5.32 Å². The van der Waals surface area contributed by atoms with Gasteiger partial charge in [0.25, 0.3) is 0 Å². The molecule has 2 heterocycles. The predicted octanol–water partition coefficient (Wildman–Crippen LogP) is 2.61. The summed E-state index contributed by atoms with van der Waals surface area (Å²) in [5.41, 5.74) is 1.23. The maximum atomic E-state index is 10.5. The van der Waals surface area contributed by atoms with Gasteiger partial charge in [0.2, 0.25) is 0 Å². The Morgan fingerprint density at radius 3 is 2.57 bits per heavy atom. The van der Waals surface area contributed by atoms with Crippen molar-refractivity contribution in [2.24, 2.45) is 0 Å². The summed E-state index contributed by atoms with van der Waals surface area (Å²) < 4.78 is 5.51. The first kappa shape index (κ1) is 15.8. The first-order valence-electron chi connectivity index (χ1n) is 7.23. The summed E-state index contributed by atoms with van der Waals surface area (Å²) in [7, 11) is 0. The van der Waals surface area contributed by atoms with Gasteiger partial charge < -0.3 is 14.8 Å². The Labute approximate surface area is 125 Å². The molecule has 2 aromatic rings. The lowest BCUT2D eigenvalue weighted by molar-refractivity contribution is 0.0332. The van der Waals surface area contributed by atoms with Crippen LogP contribution in [0.3, 0.4) is 0 Å². The Hall–Kier alpha value is -1.59. The number of aryl methyl sites for hydroxylation is 1. The minimum atomic E-state index is -1.03. The lowest BCUT2D eigenvalue weighted by Crippen LogP contribution is -2.35. The largest absolute Gasteiger partial charge is 0.463 e. The van der Waals surface area contributed by atoms with Gasteiger partial charge in [-0.3, -0.25) is 5.10 Å². The number of rotatable bonds is 5. The minimum Gasteiger partial charge on any atom is -0.463 e. The average Bonchev–Trinajstić information content (AvgIpc) is 2.97. The fourth-order valence-corrected chi connectivity index (χ4v) is 2.35. The van der Waals surface area contributed by atoms with Crippen molar-refractivity contribution in [1.82, 2.24) is 15.5 Å². The molecule has 116 valence electrons. The molecule has 21 heavy (non-hydrogen) atoms. The Morgan fingerprint density at radius 2 is 2.00 bits per heavy atom. The summed E-state index contributed by atoms with van der Waals surface area (Å²) in [6.45, 7) is 11.1. The lowest BCUT2D eigenvalue weighted by atomic mass is 9.89. The summed E-state index contributed by atoms with van der Waals surface area (Å²) in [5.74, 6) is 1.38. The number of furan rings is 1. The normalized spacial score (nSPS) is 15.1. The molecule has 0 saturated heterocycles. The van der Waals surface area contributed by atoms with E-state index in [1.165, 1.54) is 0 Å². The van der Waals surface area contributed by atoms with E-state index in [9.17, 15) is 5.11 Å². The first-order chi connectivity index (χ1) is 9.70. The summed E-state index contributed by atoms with van der Waals surface area (Å²) in [6.07, 6.45) is 1.83. The van der Waals surface area contributed by atoms with Crippen molar-refractivity contribution in [3.8, 4) is 0 Å². The van der Waals surface area contributed by atoms with Crippen molar-refractivity contribution < 1.29 is 9.52 Å². The molecule has 0 fully saturated rings. The summed E-state index contributed by atoms with van der Waals surface area (Å²) in [5, 5.41) is 20.9. The van der Waals surface area contributed by atoms with E-state index in [4.69, 9.17) is 4.42 Å². The van der Waals surface area contributed by atoms with Crippen molar-refractivity contribution in [2.45, 2.75) is 52.2 Å². The van der Waals surface area contributed by atoms with Crippen molar-refractivity contribution >= 4 is 0 Å². The average molecular weight is 291 g/mol. The van der Waals surface area contributed by atoms with Crippen LogP contribution in [0.15, 0.2) is 22.7 Å². The Bertz CT molecular complexity index is 591. The van der Waals surface area contributed by atoms with Crippen LogP contribution in [0.4, 0.5) is 0 Å².